The summed E-state index contributed by atoms with van der Waals surface area (Å²) < 4.78 is 5.33. The van der Waals surface area contributed by atoms with E-state index < -0.39 is 0 Å². The third-order valence-electron chi connectivity index (χ3n) is 2.27. The molecule has 0 atom stereocenters. The van der Waals surface area contributed by atoms with Crippen molar-refractivity contribution in [1.82, 2.24) is 4.90 Å². The predicted molar refractivity (Wildman–Crippen MR) is 55.9 cm³/mol. The first kappa shape index (κ1) is 9.16. The molecule has 0 bridgehead atoms. The van der Waals surface area contributed by atoms with Crippen molar-refractivity contribution in [3.05, 3.63) is 24.2 Å². The van der Waals surface area contributed by atoms with E-state index in [1.54, 1.807) is 6.26 Å². The van der Waals surface area contributed by atoms with Crippen LogP contribution in [0.2, 0.25) is 0 Å². The molecule has 2 nitrogen and oxygen atoms in total. The van der Waals surface area contributed by atoms with Crippen LogP contribution in [0.5, 0.6) is 0 Å². The van der Waals surface area contributed by atoms with Crippen molar-refractivity contribution in [1.29, 1.82) is 0 Å². The maximum absolute atomic E-state index is 5.33. The average molecular weight is 197 g/mol. The second-order valence-electron chi connectivity index (χ2n) is 3.32. The highest BCUT2D eigenvalue weighted by atomic mass is 32.2. The molecule has 1 saturated heterocycles. The zero-order valence-electron chi connectivity index (χ0n) is 7.74. The summed E-state index contributed by atoms with van der Waals surface area (Å²) in [5, 5.41) is 0. The summed E-state index contributed by atoms with van der Waals surface area (Å²) in [4.78, 5) is 2.47. The van der Waals surface area contributed by atoms with Gasteiger partial charge in [-0.1, -0.05) is 0 Å². The molecule has 1 aromatic heterocycles. The Morgan fingerprint density at radius 3 is 3.23 bits per heavy atom. The topological polar surface area (TPSA) is 16.4 Å². The van der Waals surface area contributed by atoms with E-state index in [-0.39, 0.29) is 0 Å². The van der Waals surface area contributed by atoms with Crippen molar-refractivity contribution in [2.24, 2.45) is 0 Å². The van der Waals surface area contributed by atoms with Crippen LogP contribution in [0.1, 0.15) is 12.2 Å². The SMILES string of the molecule is c1coc(CN2CCCSCC2)c1. The van der Waals surface area contributed by atoms with Crippen LogP contribution in [0.3, 0.4) is 0 Å². The number of furan rings is 1. The summed E-state index contributed by atoms with van der Waals surface area (Å²) in [5.74, 6) is 3.67. The predicted octanol–water partition coefficient (Wildman–Crippen LogP) is 2.22. The summed E-state index contributed by atoms with van der Waals surface area (Å²) in [5.41, 5.74) is 0. The molecule has 0 amide bonds. The molecule has 2 rings (SSSR count). The molecule has 0 radical (unpaired) electrons. The lowest BCUT2D eigenvalue weighted by molar-refractivity contribution is 0.262. The minimum Gasteiger partial charge on any atom is -0.468 e. The van der Waals surface area contributed by atoms with Gasteiger partial charge >= 0.3 is 0 Å². The Morgan fingerprint density at radius 1 is 1.38 bits per heavy atom. The van der Waals surface area contributed by atoms with Gasteiger partial charge in [0.15, 0.2) is 0 Å². The maximum Gasteiger partial charge on any atom is 0.117 e. The second kappa shape index (κ2) is 4.72. The zero-order chi connectivity index (χ0) is 8.93. The highest BCUT2D eigenvalue weighted by Crippen LogP contribution is 2.13. The van der Waals surface area contributed by atoms with Gasteiger partial charge in [-0.25, -0.2) is 0 Å². The lowest BCUT2D eigenvalue weighted by Crippen LogP contribution is -2.25. The molecule has 3 heteroatoms. The van der Waals surface area contributed by atoms with Crippen molar-refractivity contribution >= 4 is 11.8 Å². The van der Waals surface area contributed by atoms with Gasteiger partial charge in [0, 0.05) is 12.3 Å². The van der Waals surface area contributed by atoms with Gasteiger partial charge in [0.2, 0.25) is 0 Å². The molecule has 0 saturated carbocycles. The third-order valence-corrected chi connectivity index (χ3v) is 3.32. The van der Waals surface area contributed by atoms with E-state index in [0.717, 1.165) is 12.3 Å². The molecule has 1 fully saturated rings. The molecular weight excluding hydrogens is 182 g/mol. The minimum atomic E-state index is 0.980. The Kier molecular flexibility index (Phi) is 3.33. The molecule has 2 heterocycles. The Hall–Kier alpha value is -0.410. The Labute approximate surface area is 83.3 Å². The monoisotopic (exact) mass is 197 g/mol. The van der Waals surface area contributed by atoms with Crippen molar-refractivity contribution < 1.29 is 4.42 Å². The Balaban J connectivity index is 1.86. The second-order valence-corrected chi connectivity index (χ2v) is 4.55. The summed E-state index contributed by atoms with van der Waals surface area (Å²) in [6.45, 7) is 3.40. The molecule has 0 unspecified atom stereocenters. The molecule has 1 aliphatic rings. The summed E-state index contributed by atoms with van der Waals surface area (Å²) in [7, 11) is 0. The first-order valence-electron chi connectivity index (χ1n) is 4.77. The lowest BCUT2D eigenvalue weighted by Gasteiger charge is -2.17. The van der Waals surface area contributed by atoms with E-state index >= 15 is 0 Å². The fourth-order valence-corrected chi connectivity index (χ4v) is 2.50. The highest BCUT2D eigenvalue weighted by Gasteiger charge is 2.10. The number of hydrogen-bond donors (Lipinski definition) is 0. The van der Waals surface area contributed by atoms with Crippen LogP contribution in [0.4, 0.5) is 0 Å². The van der Waals surface area contributed by atoms with E-state index in [2.05, 4.69) is 22.7 Å². The minimum absolute atomic E-state index is 0.980. The first-order chi connectivity index (χ1) is 6.45. The van der Waals surface area contributed by atoms with Crippen LogP contribution < -0.4 is 0 Å². The van der Waals surface area contributed by atoms with Gasteiger partial charge in [0.25, 0.3) is 0 Å². The van der Waals surface area contributed by atoms with E-state index in [9.17, 15) is 0 Å². The fourth-order valence-electron chi connectivity index (χ4n) is 1.58. The van der Waals surface area contributed by atoms with E-state index in [1.165, 1.54) is 31.0 Å². The molecule has 1 aliphatic heterocycles. The van der Waals surface area contributed by atoms with Crippen molar-refractivity contribution in [2.75, 3.05) is 24.6 Å². The van der Waals surface area contributed by atoms with Crippen LogP contribution in [-0.2, 0) is 6.54 Å². The van der Waals surface area contributed by atoms with Crippen LogP contribution in [0.25, 0.3) is 0 Å². The van der Waals surface area contributed by atoms with Gasteiger partial charge < -0.3 is 4.42 Å². The third kappa shape index (κ3) is 2.78. The number of hydrogen-bond acceptors (Lipinski definition) is 3. The van der Waals surface area contributed by atoms with Crippen LogP contribution in [0.15, 0.2) is 22.8 Å². The van der Waals surface area contributed by atoms with Crippen molar-refractivity contribution in [3.8, 4) is 0 Å². The highest BCUT2D eigenvalue weighted by molar-refractivity contribution is 7.99. The smallest absolute Gasteiger partial charge is 0.117 e. The average Bonchev–Trinajstić information content (AvgIpc) is 2.49. The summed E-state index contributed by atoms with van der Waals surface area (Å²) in [6.07, 6.45) is 3.06. The molecule has 0 aliphatic carbocycles. The number of nitrogens with zero attached hydrogens (tertiary/aromatic N) is 1. The summed E-state index contributed by atoms with van der Waals surface area (Å²) in [6, 6.07) is 4.01. The van der Waals surface area contributed by atoms with Gasteiger partial charge in [0.1, 0.15) is 5.76 Å². The van der Waals surface area contributed by atoms with E-state index in [0.29, 0.717) is 0 Å². The van der Waals surface area contributed by atoms with Gasteiger partial charge in [-0.05, 0) is 30.9 Å². The molecule has 13 heavy (non-hydrogen) atoms. The van der Waals surface area contributed by atoms with Gasteiger partial charge in [-0.15, -0.1) is 0 Å². The molecule has 0 N–H and O–H groups in total. The molecule has 72 valence electrons. The number of rotatable bonds is 2. The molecule has 0 aromatic carbocycles. The largest absolute Gasteiger partial charge is 0.468 e. The standard InChI is InChI=1S/C10H15NOS/c1-3-10(12-6-1)9-11-4-2-7-13-8-5-11/h1,3,6H,2,4-5,7-9H2. The molecule has 0 spiro atoms. The Morgan fingerprint density at radius 2 is 2.38 bits per heavy atom. The first-order valence-corrected chi connectivity index (χ1v) is 5.93. The van der Waals surface area contributed by atoms with E-state index in [4.69, 9.17) is 4.42 Å². The van der Waals surface area contributed by atoms with Crippen molar-refractivity contribution in [2.45, 2.75) is 13.0 Å². The molecular formula is C10H15NOS. The fraction of sp³-hybridized carbons (Fsp3) is 0.600. The van der Waals surface area contributed by atoms with Gasteiger partial charge in [-0.2, -0.15) is 11.8 Å². The van der Waals surface area contributed by atoms with Gasteiger partial charge in [-0.3, -0.25) is 4.90 Å². The van der Waals surface area contributed by atoms with Crippen LogP contribution in [0, 0.1) is 0 Å². The molecule has 1 aromatic rings. The normalized spacial score (nSPS) is 20.0. The maximum atomic E-state index is 5.33. The van der Waals surface area contributed by atoms with Gasteiger partial charge in [0.05, 0.1) is 12.8 Å². The van der Waals surface area contributed by atoms with Crippen LogP contribution >= 0.6 is 11.8 Å². The van der Waals surface area contributed by atoms with Crippen LogP contribution in [-0.4, -0.2) is 29.5 Å². The zero-order valence-corrected chi connectivity index (χ0v) is 8.55. The number of thioether (sulfide) groups is 1. The summed E-state index contributed by atoms with van der Waals surface area (Å²) >= 11 is 2.06. The quantitative estimate of drug-likeness (QED) is 0.723. The van der Waals surface area contributed by atoms with E-state index in [1.807, 2.05) is 6.07 Å². The lowest BCUT2D eigenvalue weighted by atomic mass is 10.3. The Bertz CT molecular complexity index is 227. The van der Waals surface area contributed by atoms with Crippen molar-refractivity contribution in [3.63, 3.8) is 0 Å².